The molecule has 0 radical (unpaired) electrons. The molecule has 0 saturated carbocycles. The van der Waals surface area contributed by atoms with E-state index in [1.807, 2.05) is 11.9 Å². The molecule has 0 spiro atoms. The van der Waals surface area contributed by atoms with Crippen molar-refractivity contribution < 1.29 is 43.1 Å². The van der Waals surface area contributed by atoms with Gasteiger partial charge in [0.2, 0.25) is 5.75 Å². The molecule has 0 atom stereocenters. The fourth-order valence-corrected chi connectivity index (χ4v) is 3.90. The molecule has 0 aliphatic heterocycles. The molecular formula is C32H40N2O10. The zero-order valence-electron chi connectivity index (χ0n) is 24.9. The number of likely N-dealkylation sites (N-methyl/N-ethyl adjacent to an activating group) is 1. The Morgan fingerprint density at radius 3 is 2.02 bits per heavy atom. The van der Waals surface area contributed by atoms with Crippen LogP contribution in [0.5, 0.6) is 11.5 Å². The molecule has 3 N–H and O–H groups in total. The van der Waals surface area contributed by atoms with Gasteiger partial charge in [-0.3, -0.25) is 14.5 Å². The molecule has 12 nitrogen and oxygen atoms in total. The summed E-state index contributed by atoms with van der Waals surface area (Å²) in [7, 11) is 1.95. The Morgan fingerprint density at radius 2 is 1.43 bits per heavy atom. The Bertz CT molecular complexity index is 1400. The van der Waals surface area contributed by atoms with Crippen molar-refractivity contribution >= 4 is 16.9 Å². The molecule has 0 aliphatic rings. The monoisotopic (exact) mass is 612 g/mol. The number of benzene rings is 2. The van der Waals surface area contributed by atoms with Crippen LogP contribution >= 0.6 is 0 Å². The largest absolute Gasteiger partial charge is 0.504 e. The van der Waals surface area contributed by atoms with E-state index in [9.17, 15) is 19.8 Å². The van der Waals surface area contributed by atoms with Crippen molar-refractivity contribution in [1.82, 2.24) is 10.2 Å². The molecule has 44 heavy (non-hydrogen) atoms. The summed E-state index contributed by atoms with van der Waals surface area (Å²) in [5, 5.41) is 22.7. The molecule has 1 amide bonds. The summed E-state index contributed by atoms with van der Waals surface area (Å²) in [5.41, 5.74) is 0.472. The van der Waals surface area contributed by atoms with Gasteiger partial charge in [0.15, 0.2) is 16.8 Å². The lowest BCUT2D eigenvalue weighted by Crippen LogP contribution is -2.27. The number of amides is 1. The number of phenolic OH excluding ortho intramolecular Hbond substituents is 2. The van der Waals surface area contributed by atoms with Crippen molar-refractivity contribution in [3.8, 4) is 35.2 Å². The molecule has 0 aliphatic carbocycles. The van der Waals surface area contributed by atoms with Crippen LogP contribution in [0.25, 0.3) is 22.3 Å². The summed E-state index contributed by atoms with van der Waals surface area (Å²) in [6, 6.07) is 10.3. The fourth-order valence-electron chi connectivity index (χ4n) is 3.90. The summed E-state index contributed by atoms with van der Waals surface area (Å²) in [6.07, 6.45) is 5.25. The maximum atomic E-state index is 12.4. The minimum absolute atomic E-state index is 0.107. The second-order valence-electron chi connectivity index (χ2n) is 9.62. The summed E-state index contributed by atoms with van der Waals surface area (Å²) in [4.78, 5) is 26.9. The van der Waals surface area contributed by atoms with Gasteiger partial charge in [0.25, 0.3) is 5.91 Å². The van der Waals surface area contributed by atoms with E-state index in [0.29, 0.717) is 90.3 Å². The SMILES string of the molecule is C#CCN(C)CCOCCOCCOCCOCCOCCNC(=O)c1ccc(-c2cc(=O)c3ccc(O)c(O)c3o2)cc1. The molecule has 12 heteroatoms. The first-order valence-corrected chi connectivity index (χ1v) is 14.3. The molecular weight excluding hydrogens is 572 g/mol. The first-order chi connectivity index (χ1) is 21.4. The number of aromatic hydroxyl groups is 2. The Balaban J connectivity index is 1.19. The predicted molar refractivity (Wildman–Crippen MR) is 164 cm³/mol. The molecule has 0 unspecified atom stereocenters. The van der Waals surface area contributed by atoms with Gasteiger partial charge in [0.1, 0.15) is 5.76 Å². The Kier molecular flexibility index (Phi) is 15.2. The van der Waals surface area contributed by atoms with Crippen LogP contribution in [0.1, 0.15) is 10.4 Å². The van der Waals surface area contributed by atoms with E-state index < -0.39 is 5.75 Å². The van der Waals surface area contributed by atoms with E-state index >= 15 is 0 Å². The first kappa shape index (κ1) is 34.5. The molecule has 3 rings (SSSR count). The average molecular weight is 613 g/mol. The van der Waals surface area contributed by atoms with Crippen molar-refractivity contribution in [2.24, 2.45) is 0 Å². The van der Waals surface area contributed by atoms with Gasteiger partial charge >= 0.3 is 0 Å². The highest BCUT2D eigenvalue weighted by Gasteiger charge is 2.14. The quantitative estimate of drug-likeness (QED) is 0.0924. The zero-order chi connectivity index (χ0) is 31.6. The van der Waals surface area contributed by atoms with Gasteiger partial charge in [0, 0.05) is 30.3 Å². The van der Waals surface area contributed by atoms with Gasteiger partial charge < -0.3 is 43.6 Å². The Labute approximate surface area is 256 Å². The summed E-state index contributed by atoms with van der Waals surface area (Å²) in [6.45, 7) is 6.33. The van der Waals surface area contributed by atoms with Gasteiger partial charge in [-0.25, -0.2) is 0 Å². The number of carbonyl (C=O) groups excluding carboxylic acids is 1. The van der Waals surface area contributed by atoms with E-state index in [1.54, 1.807) is 24.3 Å². The van der Waals surface area contributed by atoms with E-state index in [2.05, 4.69) is 11.2 Å². The van der Waals surface area contributed by atoms with Crippen molar-refractivity contribution in [3.05, 3.63) is 58.3 Å². The third-order valence-corrected chi connectivity index (χ3v) is 6.28. The summed E-state index contributed by atoms with van der Waals surface area (Å²) >= 11 is 0. The molecule has 0 saturated heterocycles. The number of nitrogens with one attached hydrogen (secondary N) is 1. The third-order valence-electron chi connectivity index (χ3n) is 6.28. The van der Waals surface area contributed by atoms with Gasteiger partial charge in [-0.2, -0.15) is 0 Å². The van der Waals surface area contributed by atoms with E-state index in [-0.39, 0.29) is 33.8 Å². The van der Waals surface area contributed by atoms with Crippen molar-refractivity contribution in [1.29, 1.82) is 0 Å². The number of carbonyl (C=O) groups is 1. The van der Waals surface area contributed by atoms with Crippen molar-refractivity contribution in [2.45, 2.75) is 0 Å². The van der Waals surface area contributed by atoms with E-state index in [0.717, 1.165) is 6.54 Å². The lowest BCUT2D eigenvalue weighted by molar-refractivity contribution is -0.0115. The van der Waals surface area contributed by atoms with Crippen LogP contribution in [0.2, 0.25) is 0 Å². The topological polar surface area (TPSA) is 149 Å². The number of fused-ring (bicyclic) bond motifs is 1. The number of ether oxygens (including phenoxy) is 5. The van der Waals surface area contributed by atoms with Crippen molar-refractivity contribution in [2.75, 3.05) is 92.8 Å². The number of terminal acetylenes is 1. The zero-order valence-corrected chi connectivity index (χ0v) is 24.9. The normalized spacial score (nSPS) is 11.2. The minimum Gasteiger partial charge on any atom is -0.504 e. The average Bonchev–Trinajstić information content (AvgIpc) is 3.02. The van der Waals surface area contributed by atoms with Crippen LogP contribution in [0.4, 0.5) is 0 Å². The number of phenols is 2. The molecule has 0 bridgehead atoms. The molecule has 3 aromatic rings. The Hall–Kier alpha value is -3.96. The number of hydrogen-bond acceptors (Lipinski definition) is 11. The maximum Gasteiger partial charge on any atom is 0.251 e. The smallest absolute Gasteiger partial charge is 0.251 e. The lowest BCUT2D eigenvalue weighted by atomic mass is 10.1. The van der Waals surface area contributed by atoms with Gasteiger partial charge in [0.05, 0.1) is 78.0 Å². The number of nitrogens with zero attached hydrogens (tertiary/aromatic N) is 1. The van der Waals surface area contributed by atoms with Crippen LogP contribution in [-0.4, -0.2) is 114 Å². The molecule has 0 fully saturated rings. The number of rotatable bonds is 21. The molecule has 2 aromatic carbocycles. The van der Waals surface area contributed by atoms with Crippen LogP contribution in [0.15, 0.2) is 51.7 Å². The number of hydrogen-bond donors (Lipinski definition) is 3. The van der Waals surface area contributed by atoms with Gasteiger partial charge in [-0.15, -0.1) is 6.42 Å². The first-order valence-electron chi connectivity index (χ1n) is 14.3. The summed E-state index contributed by atoms with van der Waals surface area (Å²) < 4.78 is 33.0. The highest BCUT2D eigenvalue weighted by atomic mass is 16.6. The lowest BCUT2D eigenvalue weighted by Gasteiger charge is -2.13. The van der Waals surface area contributed by atoms with Crippen LogP contribution < -0.4 is 10.7 Å². The van der Waals surface area contributed by atoms with Gasteiger partial charge in [-0.1, -0.05) is 18.1 Å². The second kappa shape index (κ2) is 19.3. The maximum absolute atomic E-state index is 12.4. The predicted octanol–water partition coefficient (Wildman–Crippen LogP) is 2.25. The fraction of sp³-hybridized carbons (Fsp3) is 0.438. The van der Waals surface area contributed by atoms with Crippen LogP contribution in [-0.2, 0) is 23.7 Å². The van der Waals surface area contributed by atoms with Crippen LogP contribution in [0, 0.1) is 12.3 Å². The molecule has 1 aromatic heterocycles. The van der Waals surface area contributed by atoms with Crippen molar-refractivity contribution in [3.63, 3.8) is 0 Å². The van der Waals surface area contributed by atoms with Gasteiger partial charge in [-0.05, 0) is 31.3 Å². The molecule has 1 heterocycles. The van der Waals surface area contributed by atoms with E-state index in [4.69, 9.17) is 34.5 Å². The minimum atomic E-state index is -0.507. The van der Waals surface area contributed by atoms with E-state index in [1.165, 1.54) is 18.2 Å². The second-order valence-corrected chi connectivity index (χ2v) is 9.62. The standard InChI is InChI=1S/C32H40N2O10/c1-3-11-34(2)12-14-40-16-18-42-20-22-43-21-19-41-17-15-39-13-10-33-32(38)25-6-4-24(5-7-25)29-23-28(36)26-8-9-27(35)30(37)31(26)44-29/h1,4-9,23,35,37H,10-22H2,2H3,(H,33,38). The Morgan fingerprint density at radius 1 is 0.864 bits per heavy atom. The van der Waals surface area contributed by atoms with Crippen LogP contribution in [0.3, 0.4) is 0 Å². The summed E-state index contributed by atoms with van der Waals surface area (Å²) in [5.74, 6) is 1.60. The third kappa shape index (κ3) is 11.6. The highest BCUT2D eigenvalue weighted by molar-refractivity contribution is 5.94. The highest BCUT2D eigenvalue weighted by Crippen LogP contribution is 2.34. The molecule has 238 valence electrons.